The van der Waals surface area contributed by atoms with Crippen molar-refractivity contribution < 1.29 is 23.9 Å². The number of carbonyl (C=O) groups excluding carboxylic acids is 3. The summed E-state index contributed by atoms with van der Waals surface area (Å²) < 4.78 is 11.7. The molecule has 1 atom stereocenters. The van der Waals surface area contributed by atoms with Gasteiger partial charge in [-0.1, -0.05) is 43.1 Å². The summed E-state index contributed by atoms with van der Waals surface area (Å²) in [5, 5.41) is 5.51. The Balaban J connectivity index is 2.08. The Morgan fingerprint density at radius 2 is 2.09 bits per heavy atom. The van der Waals surface area contributed by atoms with E-state index in [0.717, 1.165) is 23.7 Å². The third-order valence-electron chi connectivity index (χ3n) is 5.07. The number of ether oxygens (including phenoxy) is 2. The van der Waals surface area contributed by atoms with Crippen molar-refractivity contribution in [2.24, 2.45) is 5.92 Å². The van der Waals surface area contributed by atoms with Gasteiger partial charge in [0.1, 0.15) is 11.8 Å². The van der Waals surface area contributed by atoms with Crippen LogP contribution in [0.25, 0.3) is 0 Å². The van der Waals surface area contributed by atoms with Crippen molar-refractivity contribution in [3.05, 3.63) is 28.2 Å². The van der Waals surface area contributed by atoms with E-state index in [1.807, 2.05) is 6.92 Å². The standard InChI is InChI=1S/C23H32BrN3O5S/c1-4-5-11-32-20(28)14-18-22(30)25-9-10-27(18)23(33)26-21(29)17-13-16(24)6-7-19(17)31-12-8-15(2)3/h6-7,13,15,18H,4-5,8-12,14H2,1-3H3,(H,25,30)(H,26,29,33). The van der Waals surface area contributed by atoms with Crippen molar-refractivity contribution in [1.82, 2.24) is 15.5 Å². The van der Waals surface area contributed by atoms with Crippen LogP contribution in [-0.4, -0.2) is 60.1 Å². The highest BCUT2D eigenvalue weighted by Gasteiger charge is 2.34. The Bertz CT molecular complexity index is 864. The molecule has 0 radical (unpaired) electrons. The van der Waals surface area contributed by atoms with Crippen molar-refractivity contribution in [2.75, 3.05) is 26.3 Å². The van der Waals surface area contributed by atoms with Gasteiger partial charge in [0.25, 0.3) is 5.91 Å². The number of benzene rings is 1. The van der Waals surface area contributed by atoms with Crippen LogP contribution in [-0.2, 0) is 14.3 Å². The van der Waals surface area contributed by atoms with Gasteiger partial charge >= 0.3 is 5.97 Å². The predicted octanol–water partition coefficient (Wildman–Crippen LogP) is 3.42. The number of thiocarbonyl (C=S) groups is 1. The number of hydrogen-bond donors (Lipinski definition) is 2. The molecule has 0 saturated carbocycles. The fourth-order valence-electron chi connectivity index (χ4n) is 3.15. The third kappa shape index (κ3) is 8.58. The lowest BCUT2D eigenvalue weighted by Gasteiger charge is -2.36. The molecule has 8 nitrogen and oxygen atoms in total. The first-order valence-electron chi connectivity index (χ1n) is 11.2. The van der Waals surface area contributed by atoms with Gasteiger partial charge in [0.05, 0.1) is 25.2 Å². The topological polar surface area (TPSA) is 97.0 Å². The predicted molar refractivity (Wildman–Crippen MR) is 133 cm³/mol. The molecule has 1 aliphatic heterocycles. The summed E-state index contributed by atoms with van der Waals surface area (Å²) in [6, 6.07) is 4.35. The van der Waals surface area contributed by atoms with Gasteiger partial charge in [-0.05, 0) is 49.2 Å². The molecule has 182 valence electrons. The Labute approximate surface area is 208 Å². The highest BCUT2D eigenvalue weighted by molar-refractivity contribution is 9.10. The van der Waals surface area contributed by atoms with Crippen LogP contribution >= 0.6 is 28.1 Å². The maximum atomic E-state index is 13.0. The minimum absolute atomic E-state index is 0.0781. The van der Waals surface area contributed by atoms with E-state index in [0.29, 0.717) is 43.5 Å². The van der Waals surface area contributed by atoms with Gasteiger partial charge in [0.15, 0.2) is 5.11 Å². The number of amides is 2. The minimum atomic E-state index is -0.843. The largest absolute Gasteiger partial charge is 0.493 e. The summed E-state index contributed by atoms with van der Waals surface area (Å²) in [7, 11) is 0. The van der Waals surface area contributed by atoms with Crippen LogP contribution < -0.4 is 15.4 Å². The molecule has 2 amide bonds. The molecule has 2 N–H and O–H groups in total. The van der Waals surface area contributed by atoms with Crippen molar-refractivity contribution in [1.29, 1.82) is 0 Å². The Morgan fingerprint density at radius 1 is 1.33 bits per heavy atom. The number of carbonyl (C=O) groups is 3. The number of hydrogen-bond acceptors (Lipinski definition) is 6. The Morgan fingerprint density at radius 3 is 2.79 bits per heavy atom. The second-order valence-electron chi connectivity index (χ2n) is 8.21. The molecule has 10 heteroatoms. The van der Waals surface area contributed by atoms with E-state index in [4.69, 9.17) is 21.7 Å². The zero-order valence-electron chi connectivity index (χ0n) is 19.3. The number of unbranched alkanes of at least 4 members (excludes halogenated alkanes) is 1. The molecule has 2 rings (SSSR count). The van der Waals surface area contributed by atoms with E-state index in [2.05, 4.69) is 40.4 Å². The molecule has 1 unspecified atom stereocenters. The maximum Gasteiger partial charge on any atom is 0.308 e. The molecule has 1 aromatic rings. The molecule has 0 bridgehead atoms. The lowest BCUT2D eigenvalue weighted by atomic mass is 10.1. The van der Waals surface area contributed by atoms with Crippen LogP contribution in [0, 0.1) is 5.92 Å². The second kappa shape index (κ2) is 13.5. The Hall–Kier alpha value is -2.20. The van der Waals surface area contributed by atoms with Crippen LogP contribution in [0.15, 0.2) is 22.7 Å². The quantitative estimate of drug-likeness (QED) is 0.266. The number of esters is 1. The van der Waals surface area contributed by atoms with E-state index in [1.54, 1.807) is 23.1 Å². The number of rotatable bonds is 10. The SMILES string of the molecule is CCCCOC(=O)CC1C(=O)NCCN1C(=S)NC(=O)c1cc(Br)ccc1OCCC(C)C. The van der Waals surface area contributed by atoms with E-state index in [1.165, 1.54) is 0 Å². The molecule has 0 aromatic heterocycles. The van der Waals surface area contributed by atoms with Crippen molar-refractivity contribution >= 4 is 51.0 Å². The van der Waals surface area contributed by atoms with Gasteiger partial charge in [-0.3, -0.25) is 19.7 Å². The lowest BCUT2D eigenvalue weighted by Crippen LogP contribution is -2.60. The first kappa shape index (κ1) is 27.0. The zero-order valence-corrected chi connectivity index (χ0v) is 21.7. The third-order valence-corrected chi connectivity index (χ3v) is 5.90. The molecule has 1 aliphatic rings. The van der Waals surface area contributed by atoms with E-state index in [-0.39, 0.29) is 17.4 Å². The van der Waals surface area contributed by atoms with Gasteiger partial charge in [0.2, 0.25) is 5.91 Å². The number of piperazine rings is 1. The molecule has 1 heterocycles. The van der Waals surface area contributed by atoms with Gasteiger partial charge in [-0.15, -0.1) is 0 Å². The Kier molecular flexibility index (Phi) is 11.1. The minimum Gasteiger partial charge on any atom is -0.493 e. The average molecular weight is 542 g/mol. The van der Waals surface area contributed by atoms with E-state index >= 15 is 0 Å². The molecule has 0 aliphatic carbocycles. The fraction of sp³-hybridized carbons (Fsp3) is 0.565. The van der Waals surface area contributed by atoms with Crippen molar-refractivity contribution in [2.45, 2.75) is 52.5 Å². The highest BCUT2D eigenvalue weighted by Crippen LogP contribution is 2.24. The van der Waals surface area contributed by atoms with Crippen LogP contribution in [0.1, 0.15) is 56.8 Å². The molecule has 1 fully saturated rings. The summed E-state index contributed by atoms with van der Waals surface area (Å²) in [4.78, 5) is 39.2. The summed E-state index contributed by atoms with van der Waals surface area (Å²) in [5.74, 6) is -0.327. The van der Waals surface area contributed by atoms with E-state index < -0.39 is 17.9 Å². The zero-order chi connectivity index (χ0) is 24.4. The number of nitrogens with one attached hydrogen (secondary N) is 2. The summed E-state index contributed by atoms with van der Waals surface area (Å²) in [6.45, 7) is 7.72. The fourth-order valence-corrected chi connectivity index (χ4v) is 3.83. The summed E-state index contributed by atoms with van der Waals surface area (Å²) in [5.41, 5.74) is 0.326. The molecular weight excluding hydrogens is 510 g/mol. The first-order valence-corrected chi connectivity index (χ1v) is 12.4. The average Bonchev–Trinajstić information content (AvgIpc) is 2.76. The molecular formula is C23H32BrN3O5S. The van der Waals surface area contributed by atoms with Gasteiger partial charge in [0, 0.05) is 17.6 Å². The van der Waals surface area contributed by atoms with Crippen LogP contribution in [0.2, 0.25) is 0 Å². The maximum absolute atomic E-state index is 13.0. The smallest absolute Gasteiger partial charge is 0.308 e. The highest BCUT2D eigenvalue weighted by atomic mass is 79.9. The summed E-state index contributed by atoms with van der Waals surface area (Å²) in [6.07, 6.45) is 2.37. The van der Waals surface area contributed by atoms with Crippen LogP contribution in [0.3, 0.4) is 0 Å². The first-order chi connectivity index (χ1) is 15.7. The molecule has 1 aromatic carbocycles. The van der Waals surface area contributed by atoms with Gasteiger partial charge in [-0.2, -0.15) is 0 Å². The van der Waals surface area contributed by atoms with Gasteiger partial charge < -0.3 is 19.7 Å². The second-order valence-corrected chi connectivity index (χ2v) is 9.51. The molecule has 1 saturated heterocycles. The monoisotopic (exact) mass is 541 g/mol. The molecule has 0 spiro atoms. The molecule has 33 heavy (non-hydrogen) atoms. The number of halogens is 1. The normalized spacial score (nSPS) is 15.7. The van der Waals surface area contributed by atoms with E-state index in [9.17, 15) is 14.4 Å². The summed E-state index contributed by atoms with van der Waals surface area (Å²) >= 11 is 8.83. The van der Waals surface area contributed by atoms with Crippen molar-refractivity contribution in [3.63, 3.8) is 0 Å². The van der Waals surface area contributed by atoms with Crippen LogP contribution in [0.5, 0.6) is 5.75 Å². The lowest BCUT2D eigenvalue weighted by molar-refractivity contribution is -0.147. The number of nitrogens with zero attached hydrogens (tertiary/aromatic N) is 1. The van der Waals surface area contributed by atoms with Crippen LogP contribution in [0.4, 0.5) is 0 Å². The van der Waals surface area contributed by atoms with Gasteiger partial charge in [-0.25, -0.2) is 0 Å². The van der Waals surface area contributed by atoms with Crippen molar-refractivity contribution in [3.8, 4) is 5.75 Å².